The van der Waals surface area contributed by atoms with E-state index in [-0.39, 0.29) is 0 Å². The molecule has 18 aromatic carbocycles. The summed E-state index contributed by atoms with van der Waals surface area (Å²) < 4.78 is 18.1. The van der Waals surface area contributed by atoms with Crippen molar-refractivity contribution in [3.8, 4) is 0 Å². The van der Waals surface area contributed by atoms with Gasteiger partial charge >= 0.3 is 727 Å². The first-order valence-electron chi connectivity index (χ1n) is 40.3. The van der Waals surface area contributed by atoms with Gasteiger partial charge in [-0.05, 0) is 0 Å². The minimum absolute atomic E-state index is 0.409. The van der Waals surface area contributed by atoms with Gasteiger partial charge in [0.25, 0.3) is 0 Å². The Bertz CT molecular complexity index is 8760. The molecular weight excluding hydrogens is 1850 g/mol. The molecule has 0 amide bonds. The maximum absolute atomic E-state index is 3.63. The molecule has 12 heteroatoms. The molecule has 0 fully saturated rings. The Hall–Kier alpha value is -12.1. The zero-order valence-corrected chi connectivity index (χ0v) is 74.4. The van der Waals surface area contributed by atoms with Gasteiger partial charge in [0.05, 0.1) is 0 Å². The number of para-hydroxylation sites is 6. The predicted octanol–water partition coefficient (Wildman–Crippen LogP) is 28.1. The number of nitrogens with one attached hydrogen (secondary N) is 6. The van der Waals surface area contributed by atoms with E-state index in [2.05, 4.69) is 394 Å². The van der Waals surface area contributed by atoms with Crippen LogP contribution in [0.2, 0.25) is 0 Å². The molecule has 120 heavy (non-hydrogen) atoms. The second kappa shape index (κ2) is 28.8. The number of rotatable bonds is 0. The second-order valence-corrected chi connectivity index (χ2v) is 44.4. The van der Waals surface area contributed by atoms with Gasteiger partial charge in [-0.1, -0.05) is 0 Å². The van der Waals surface area contributed by atoms with Crippen LogP contribution in [0, 0.1) is 0 Å². The van der Waals surface area contributed by atoms with Crippen LogP contribution in [0.25, 0.3) is 247 Å². The molecule has 30 aromatic rings. The molecule has 564 valence electrons. The average Bonchev–Trinajstić information content (AvgIpc) is 1.65. The molecule has 0 aliphatic rings. The first-order chi connectivity index (χ1) is 59.5. The number of H-pyrrole nitrogens is 6. The summed E-state index contributed by atoms with van der Waals surface area (Å²) in [6, 6.07) is 132. The summed E-state index contributed by atoms with van der Waals surface area (Å²) >= 11 is 2.59. The molecule has 30 rings (SSSR count). The van der Waals surface area contributed by atoms with Crippen molar-refractivity contribution in [2.75, 3.05) is 0 Å². The fourth-order valence-electron chi connectivity index (χ4n) is 18.6. The van der Waals surface area contributed by atoms with Gasteiger partial charge in [0, 0.05) is 0 Å². The molecule has 0 aliphatic heterocycles. The molecule has 0 atom stereocenters. The third-order valence-corrected chi connectivity index (χ3v) is 38.6. The molecule has 12 aromatic heterocycles. The maximum atomic E-state index is 3.63. The van der Waals surface area contributed by atoms with Crippen LogP contribution in [-0.4, -0.2) is 117 Å². The molecule has 0 saturated heterocycles. The first kappa shape index (κ1) is 70.9. The molecule has 0 saturated carbocycles. The summed E-state index contributed by atoms with van der Waals surface area (Å²) in [4.78, 5) is 21.4. The minimum atomic E-state index is 0.409. The van der Waals surface area contributed by atoms with Crippen molar-refractivity contribution < 1.29 is 0 Å². The molecular formula is C108H66N6Se6. The monoisotopic (exact) mass is 1930 g/mol. The third-order valence-electron chi connectivity index (χ3n) is 24.1. The Labute approximate surface area is 720 Å². The number of benzene rings is 18. The molecule has 0 radical (unpaired) electrons. The topological polar surface area (TPSA) is 94.7 Å². The summed E-state index contributed by atoms with van der Waals surface area (Å²) in [6.45, 7) is 0. The summed E-state index contributed by atoms with van der Waals surface area (Å²) in [5.41, 5.74) is 15.1. The van der Waals surface area contributed by atoms with Crippen molar-refractivity contribution in [2.24, 2.45) is 0 Å². The number of hydrogen-bond donors (Lipinski definition) is 6. The zero-order chi connectivity index (χ0) is 78.6. The van der Waals surface area contributed by atoms with E-state index in [0.717, 1.165) is 0 Å². The van der Waals surface area contributed by atoms with Gasteiger partial charge in [0.15, 0.2) is 0 Å². The Morgan fingerprint density at radius 3 is 0.992 bits per heavy atom. The van der Waals surface area contributed by atoms with Crippen LogP contribution in [0.15, 0.2) is 364 Å². The summed E-state index contributed by atoms with van der Waals surface area (Å²) in [6.07, 6.45) is 0. The van der Waals surface area contributed by atoms with Crippen molar-refractivity contribution in [1.82, 2.24) is 29.9 Å². The Kier molecular flexibility index (Phi) is 17.0. The van der Waals surface area contributed by atoms with Gasteiger partial charge in [-0.25, -0.2) is 0 Å². The van der Waals surface area contributed by atoms with Crippen molar-refractivity contribution in [3.05, 3.63) is 364 Å². The van der Waals surface area contributed by atoms with Crippen LogP contribution in [-0.2, 0) is 0 Å². The van der Waals surface area contributed by atoms with Crippen LogP contribution in [0.3, 0.4) is 0 Å². The van der Waals surface area contributed by atoms with Gasteiger partial charge in [0.2, 0.25) is 0 Å². The van der Waals surface area contributed by atoms with Crippen LogP contribution in [0.5, 0.6) is 0 Å². The zero-order valence-electron chi connectivity index (χ0n) is 64.1. The van der Waals surface area contributed by atoms with Crippen molar-refractivity contribution in [1.29, 1.82) is 0 Å². The summed E-state index contributed by atoms with van der Waals surface area (Å²) in [5, 5.41) is 33.3. The summed E-state index contributed by atoms with van der Waals surface area (Å²) in [5.74, 6) is 0. The van der Waals surface area contributed by atoms with E-state index in [1.807, 2.05) is 0 Å². The van der Waals surface area contributed by atoms with Crippen LogP contribution >= 0.6 is 0 Å². The Morgan fingerprint density at radius 2 is 0.433 bits per heavy atom. The van der Waals surface area contributed by atoms with Gasteiger partial charge in [0.1, 0.15) is 0 Å². The van der Waals surface area contributed by atoms with E-state index >= 15 is 0 Å². The Balaban J connectivity index is 0.0000000798. The quantitative estimate of drug-likeness (QED) is 0.0817. The van der Waals surface area contributed by atoms with E-state index < -0.39 is 0 Å². The van der Waals surface area contributed by atoms with Gasteiger partial charge in [-0.3, -0.25) is 0 Å². The molecule has 6 nitrogen and oxygen atoms in total. The molecule has 0 unspecified atom stereocenters. The van der Waals surface area contributed by atoms with Crippen molar-refractivity contribution in [3.63, 3.8) is 0 Å². The van der Waals surface area contributed by atoms with Crippen LogP contribution < -0.4 is 0 Å². The van der Waals surface area contributed by atoms with Gasteiger partial charge < -0.3 is 0 Å². The molecule has 0 bridgehead atoms. The molecule has 12 heterocycles. The first-order valence-corrected chi connectivity index (χ1v) is 50.6. The van der Waals surface area contributed by atoms with Crippen LogP contribution in [0.4, 0.5) is 0 Å². The van der Waals surface area contributed by atoms with E-state index in [1.54, 1.807) is 0 Å². The average molecular weight is 1920 g/mol. The SMILES string of the molecule is c1ccc2c(c1)[nH]c1c2ccc2[se]c3ccccc3c21.c1ccc2c(c1)[nH]c1c2ccc2c3ccccc3[se]c21.c1ccc2c(c1)[nH]c1cc3[se]c4ccccc4c3cc12.c1ccc2c(c1)[nH]c1cc3c(cc12)[se]c1ccccc13.c1ccc2c(c1)[nH]c1ccc3[se]c4ccccc4c3c12.c1ccc2c(c1)[nH]c1ccc3c4ccccc4[se]c3c12. The number of aromatic nitrogens is 6. The number of aromatic amines is 6. The van der Waals surface area contributed by atoms with E-state index in [9.17, 15) is 0 Å². The summed E-state index contributed by atoms with van der Waals surface area (Å²) in [7, 11) is 0. The predicted molar refractivity (Wildman–Crippen MR) is 527 cm³/mol. The van der Waals surface area contributed by atoms with Crippen molar-refractivity contribution in [2.45, 2.75) is 0 Å². The van der Waals surface area contributed by atoms with E-state index in [0.29, 0.717) is 87.0 Å². The van der Waals surface area contributed by atoms with Crippen LogP contribution in [0.1, 0.15) is 0 Å². The van der Waals surface area contributed by atoms with Crippen molar-refractivity contribution >= 4 is 334 Å². The van der Waals surface area contributed by atoms with E-state index in [1.165, 1.54) is 247 Å². The Morgan fingerprint density at radius 1 is 0.125 bits per heavy atom. The fourth-order valence-corrected chi connectivity index (χ4v) is 33.2. The number of hydrogen-bond acceptors (Lipinski definition) is 0. The standard InChI is InChI=1S/6C18H11NSe/c1-3-7-14-13(6-1)17-15(19-14)10-9-12-11-5-2-4-8-16(11)20-18(12)17;1-3-7-15-11(5-1)13-10-18-14(9-16(13)19-15)12-6-2-4-8-17(12)20-18;1-3-7-15-11(5-1)13-9-14-12-6-2-4-8-17(12)20-18(14)10-16(13)19-15;1-3-7-14-11(5-1)12-9-10-16-17(18(12)19-14)13-6-2-4-8-15(13)20-16;1-3-7-15-11(5-1)13-9-10-14-12-6-2-4-8-16(12)20-18(14)17(13)19-15;1-3-7-13-11(5-1)17-14(19-13)9-10-16-18(17)12-6-2-4-8-15(12)20-16/h6*1-10,19H. The third kappa shape index (κ3) is 11.7. The normalized spacial score (nSPS) is 12.0. The van der Waals surface area contributed by atoms with Gasteiger partial charge in [-0.2, -0.15) is 0 Å². The second-order valence-electron chi connectivity index (χ2n) is 30.9. The van der Waals surface area contributed by atoms with E-state index in [4.69, 9.17) is 0 Å². The molecule has 6 N–H and O–H groups in total. The van der Waals surface area contributed by atoms with Gasteiger partial charge in [-0.15, -0.1) is 0 Å². The molecule has 0 aliphatic carbocycles. The molecule has 0 spiro atoms. The number of fused-ring (bicyclic) bond motifs is 40. The fraction of sp³-hybridized carbons (Fsp3) is 0.